The molecule has 4 aromatic carbocycles. The van der Waals surface area contributed by atoms with E-state index in [1.165, 1.54) is 22.3 Å². The van der Waals surface area contributed by atoms with Gasteiger partial charge in [0.2, 0.25) is 0 Å². The summed E-state index contributed by atoms with van der Waals surface area (Å²) < 4.78 is 11.2. The summed E-state index contributed by atoms with van der Waals surface area (Å²) in [5, 5.41) is 0. The van der Waals surface area contributed by atoms with Crippen LogP contribution in [-0.2, 0) is 23.1 Å². The fraction of sp³-hybridized carbons (Fsp3) is 0.400. The molecule has 0 atom stereocenters. The van der Waals surface area contributed by atoms with Crippen molar-refractivity contribution in [2.45, 2.75) is 94.8 Å². The monoisotopic (exact) mass is 858 g/mol. The Bertz CT molecular complexity index is 1260. The minimum atomic E-state index is -4.02. The van der Waals surface area contributed by atoms with Crippen molar-refractivity contribution in [1.29, 1.82) is 0 Å². The van der Waals surface area contributed by atoms with Crippen LogP contribution in [0.4, 0.5) is 0 Å². The van der Waals surface area contributed by atoms with Crippen molar-refractivity contribution >= 4 is 53.2 Å². The van der Waals surface area contributed by atoms with Gasteiger partial charge in [-0.1, -0.05) is 0 Å². The van der Waals surface area contributed by atoms with Gasteiger partial charge in [-0.2, -0.15) is 0 Å². The van der Waals surface area contributed by atoms with Gasteiger partial charge >= 0.3 is 293 Å². The molecule has 0 saturated heterocycles. The predicted molar refractivity (Wildman–Crippen MR) is 201 cm³/mol. The molecule has 45 heavy (non-hydrogen) atoms. The first-order valence-corrected chi connectivity index (χ1v) is 33.9. The maximum atomic E-state index is 8.20. The molecule has 5 heteroatoms. The molecule has 0 aliphatic heterocycles. The third-order valence-corrected chi connectivity index (χ3v) is 52.2. The van der Waals surface area contributed by atoms with E-state index in [0.717, 1.165) is 17.7 Å². The summed E-state index contributed by atoms with van der Waals surface area (Å²) >= 11 is -8.04. The molecule has 0 heterocycles. The quantitative estimate of drug-likeness (QED) is 0.115. The van der Waals surface area contributed by atoms with Crippen LogP contribution in [0.25, 0.3) is 0 Å². The fourth-order valence-electron chi connectivity index (χ4n) is 7.20. The molecule has 4 rings (SSSR count). The molecule has 240 valence electrons. The predicted octanol–water partition coefficient (Wildman–Crippen LogP) is 12.3. The summed E-state index contributed by atoms with van der Waals surface area (Å²) in [5.74, 6) is 0. The Kier molecular flexibility index (Phi) is 12.0. The number of benzene rings is 4. The van der Waals surface area contributed by atoms with Crippen LogP contribution in [-0.4, -0.2) is 35.3 Å². The van der Waals surface area contributed by atoms with E-state index in [9.17, 15) is 0 Å². The summed E-state index contributed by atoms with van der Waals surface area (Å²) in [4.78, 5) is 0. The number of rotatable bonds is 14. The van der Waals surface area contributed by atoms with Gasteiger partial charge in [-0.15, -0.1) is 0 Å². The zero-order chi connectivity index (χ0) is 33.0. The molecule has 0 N–H and O–H groups in total. The summed E-state index contributed by atoms with van der Waals surface area (Å²) in [5.41, 5.74) is 4.65. The second-order valence-electron chi connectivity index (χ2n) is 15.6. The van der Waals surface area contributed by atoms with E-state index in [0.29, 0.717) is 0 Å². The van der Waals surface area contributed by atoms with E-state index in [-0.39, 0.29) is 21.7 Å². The Morgan fingerprint density at radius 3 is 0.733 bits per heavy atom. The fourth-order valence-corrected chi connectivity index (χ4v) is 70.1. The van der Waals surface area contributed by atoms with E-state index in [2.05, 4.69) is 177 Å². The van der Waals surface area contributed by atoms with Gasteiger partial charge in [0.1, 0.15) is 0 Å². The molecular formula is C40H52Cl2OSn2. The topological polar surface area (TPSA) is 9.23 Å². The molecule has 1 nitrogen and oxygen atoms in total. The van der Waals surface area contributed by atoms with E-state index >= 15 is 0 Å². The van der Waals surface area contributed by atoms with Crippen molar-refractivity contribution in [3.05, 3.63) is 144 Å². The normalized spacial score (nSPS) is 13.6. The number of hydrogen-bond acceptors (Lipinski definition) is 1. The van der Waals surface area contributed by atoms with Gasteiger partial charge in [-0.3, -0.25) is 0 Å². The molecule has 0 aliphatic carbocycles. The van der Waals surface area contributed by atoms with Crippen molar-refractivity contribution < 1.29 is 1.41 Å². The zero-order valence-corrected chi connectivity index (χ0v) is 35.8. The average Bonchev–Trinajstić information content (AvgIpc) is 2.97. The standard InChI is InChI=1S/4C10H13.2ClH.O.2Sn/c4*1-10(2,3)9-7-5-4-6-8-9;;;;;/h4*4-8H,1H2,2-3H3;2*1H;;;/q;;;;;;;2*+1/p-2. The number of halogens is 2. The Balaban J connectivity index is 1.81. The molecular weight excluding hydrogens is 805 g/mol. The van der Waals surface area contributed by atoms with Crippen molar-refractivity contribution in [2.24, 2.45) is 0 Å². The van der Waals surface area contributed by atoms with Gasteiger partial charge in [-0.25, -0.2) is 0 Å². The molecule has 0 spiro atoms. The summed E-state index contributed by atoms with van der Waals surface area (Å²) in [6.07, 6.45) is 0. The Morgan fingerprint density at radius 1 is 0.378 bits per heavy atom. The van der Waals surface area contributed by atoms with Gasteiger partial charge in [0, 0.05) is 0 Å². The molecule has 0 amide bonds. The molecule has 0 saturated carbocycles. The van der Waals surface area contributed by atoms with E-state index in [4.69, 9.17) is 19.3 Å². The second kappa shape index (κ2) is 14.6. The second-order valence-corrected chi connectivity index (χ2v) is 43.4. The van der Waals surface area contributed by atoms with Crippen molar-refractivity contribution in [2.75, 3.05) is 0 Å². The summed E-state index contributed by atoms with van der Waals surface area (Å²) in [7, 11) is 16.4. The van der Waals surface area contributed by atoms with Crippen LogP contribution in [0.2, 0.25) is 17.7 Å². The molecule has 0 fully saturated rings. The molecule has 4 aromatic rings. The zero-order valence-electron chi connectivity index (χ0n) is 28.5. The van der Waals surface area contributed by atoms with E-state index in [1.807, 2.05) is 0 Å². The van der Waals surface area contributed by atoms with Crippen molar-refractivity contribution in [1.82, 2.24) is 0 Å². The van der Waals surface area contributed by atoms with Crippen LogP contribution in [0, 0.1) is 0 Å². The third-order valence-electron chi connectivity index (χ3n) is 9.41. The minimum absolute atomic E-state index is 0.139. The van der Waals surface area contributed by atoms with Gasteiger partial charge in [0.05, 0.1) is 0 Å². The Morgan fingerprint density at radius 2 is 0.556 bits per heavy atom. The van der Waals surface area contributed by atoms with Crippen LogP contribution >= 0.6 is 17.8 Å². The third kappa shape index (κ3) is 10.0. The molecule has 0 aliphatic rings. The van der Waals surface area contributed by atoms with E-state index in [1.54, 1.807) is 0 Å². The van der Waals surface area contributed by atoms with Gasteiger partial charge in [-0.05, 0) is 0 Å². The molecule has 0 aromatic heterocycles. The van der Waals surface area contributed by atoms with Crippen LogP contribution in [0.5, 0.6) is 0 Å². The van der Waals surface area contributed by atoms with Gasteiger partial charge in [0.15, 0.2) is 0 Å². The van der Waals surface area contributed by atoms with Crippen LogP contribution < -0.4 is 0 Å². The first-order chi connectivity index (χ1) is 21.0. The van der Waals surface area contributed by atoms with Gasteiger partial charge < -0.3 is 0 Å². The van der Waals surface area contributed by atoms with Crippen molar-refractivity contribution in [3.63, 3.8) is 0 Å². The Labute approximate surface area is 290 Å². The van der Waals surface area contributed by atoms with Crippen LogP contribution in [0.3, 0.4) is 0 Å². The maximum absolute atomic E-state index is 8.20. The number of hydrogen-bond donors (Lipinski definition) is 0. The average molecular weight is 857 g/mol. The Hall–Kier alpha value is -0.983. The van der Waals surface area contributed by atoms with Crippen LogP contribution in [0.15, 0.2) is 121 Å². The summed E-state index contributed by atoms with van der Waals surface area (Å²) in [6.45, 7) is 18.7. The van der Waals surface area contributed by atoms with Crippen molar-refractivity contribution in [3.8, 4) is 0 Å². The molecule has 0 bridgehead atoms. The molecule has 0 radical (unpaired) electrons. The van der Waals surface area contributed by atoms with Gasteiger partial charge in [0.25, 0.3) is 0 Å². The SMILES string of the molecule is CC(C)([CH2][Sn]([Cl])([CH2]C(C)(C)c1ccccc1)[O][Sn]([Cl])([CH2]C(C)(C)c1ccccc1)[CH2]C(C)(C)c1ccccc1)c1ccccc1. The first-order valence-electron chi connectivity index (χ1n) is 16.3. The van der Waals surface area contributed by atoms with Crippen LogP contribution in [0.1, 0.15) is 77.6 Å². The van der Waals surface area contributed by atoms with E-state index < -0.39 is 35.3 Å². The summed E-state index contributed by atoms with van der Waals surface area (Å²) in [6, 6.07) is 43.3. The molecule has 0 unspecified atom stereocenters. The first kappa shape index (κ1) is 36.8.